The molecule has 0 unspecified atom stereocenters. The Bertz CT molecular complexity index is 790. The van der Waals surface area contributed by atoms with Gasteiger partial charge in [0.1, 0.15) is 13.2 Å². The zero-order chi connectivity index (χ0) is 18.5. The van der Waals surface area contributed by atoms with Crippen LogP contribution in [0.15, 0.2) is 36.4 Å². The lowest BCUT2D eigenvalue weighted by molar-refractivity contribution is 0.0784. The van der Waals surface area contributed by atoms with Crippen molar-refractivity contribution in [3.8, 4) is 23.0 Å². The van der Waals surface area contributed by atoms with E-state index >= 15 is 0 Å². The van der Waals surface area contributed by atoms with Crippen molar-refractivity contribution in [1.82, 2.24) is 4.90 Å². The van der Waals surface area contributed by atoms with Gasteiger partial charge in [-0.3, -0.25) is 4.79 Å². The molecule has 0 saturated carbocycles. The predicted octanol–water partition coefficient (Wildman–Crippen LogP) is 3.14. The first-order valence-corrected chi connectivity index (χ1v) is 8.57. The topological polar surface area (TPSA) is 57.2 Å². The number of hydrogen-bond acceptors (Lipinski definition) is 5. The molecule has 0 N–H and O–H groups in total. The van der Waals surface area contributed by atoms with Gasteiger partial charge in [0.2, 0.25) is 0 Å². The van der Waals surface area contributed by atoms with E-state index in [9.17, 15) is 4.79 Å². The van der Waals surface area contributed by atoms with Crippen LogP contribution in [0.1, 0.15) is 22.8 Å². The fourth-order valence-electron chi connectivity index (χ4n) is 2.83. The second-order valence-corrected chi connectivity index (χ2v) is 5.94. The average molecular weight is 357 g/mol. The molecule has 0 spiro atoms. The first kappa shape index (κ1) is 17.9. The molecule has 3 rings (SSSR count). The van der Waals surface area contributed by atoms with Gasteiger partial charge in [-0.1, -0.05) is 6.07 Å². The van der Waals surface area contributed by atoms with Gasteiger partial charge in [-0.25, -0.2) is 0 Å². The molecule has 2 aromatic carbocycles. The minimum Gasteiger partial charge on any atom is -0.493 e. The molecule has 0 aromatic heterocycles. The number of nitrogens with zero attached hydrogens (tertiary/aromatic N) is 1. The number of fused-ring (bicyclic) bond motifs is 1. The fourth-order valence-corrected chi connectivity index (χ4v) is 2.83. The number of hydrogen-bond donors (Lipinski definition) is 0. The highest BCUT2D eigenvalue weighted by molar-refractivity contribution is 5.94. The van der Waals surface area contributed by atoms with Gasteiger partial charge < -0.3 is 23.8 Å². The number of methoxy groups -OCH3 is 1. The zero-order valence-corrected chi connectivity index (χ0v) is 15.3. The molecule has 138 valence electrons. The summed E-state index contributed by atoms with van der Waals surface area (Å²) in [5.74, 6) is 2.54. The lowest BCUT2D eigenvalue weighted by Crippen LogP contribution is -2.26. The molecular weight excluding hydrogens is 334 g/mol. The minimum atomic E-state index is -0.0961. The number of ether oxygens (including phenoxy) is 4. The third kappa shape index (κ3) is 3.85. The van der Waals surface area contributed by atoms with Crippen molar-refractivity contribution in [2.75, 3.05) is 34.0 Å². The van der Waals surface area contributed by atoms with E-state index in [1.54, 1.807) is 37.3 Å². The van der Waals surface area contributed by atoms with Gasteiger partial charge >= 0.3 is 0 Å². The van der Waals surface area contributed by atoms with Crippen LogP contribution < -0.4 is 18.9 Å². The molecule has 0 radical (unpaired) electrons. The van der Waals surface area contributed by atoms with E-state index in [1.807, 2.05) is 25.1 Å². The van der Waals surface area contributed by atoms with Crippen LogP contribution >= 0.6 is 0 Å². The van der Waals surface area contributed by atoms with Gasteiger partial charge in [0, 0.05) is 19.2 Å². The fraction of sp³-hybridized carbons (Fsp3) is 0.350. The van der Waals surface area contributed by atoms with E-state index in [4.69, 9.17) is 18.9 Å². The summed E-state index contributed by atoms with van der Waals surface area (Å²) in [7, 11) is 3.33. The van der Waals surface area contributed by atoms with Gasteiger partial charge in [0.05, 0.1) is 13.7 Å². The van der Waals surface area contributed by atoms with E-state index in [-0.39, 0.29) is 5.91 Å². The summed E-state index contributed by atoms with van der Waals surface area (Å²) in [6.45, 7) is 4.00. The maximum absolute atomic E-state index is 12.7. The Labute approximate surface area is 153 Å². The first-order chi connectivity index (χ1) is 12.6. The summed E-state index contributed by atoms with van der Waals surface area (Å²) < 4.78 is 21.9. The SMILES string of the molecule is CCOc1ccc(C(=O)N(C)Cc2ccc3c(c2)OCCO3)cc1OC. The molecule has 6 heteroatoms. The average Bonchev–Trinajstić information content (AvgIpc) is 2.67. The minimum absolute atomic E-state index is 0.0961. The molecule has 0 saturated heterocycles. The van der Waals surface area contributed by atoms with Crippen LogP contribution in [0.4, 0.5) is 0 Å². The third-order valence-corrected chi connectivity index (χ3v) is 4.08. The highest BCUT2D eigenvalue weighted by Crippen LogP contribution is 2.31. The van der Waals surface area contributed by atoms with E-state index in [1.165, 1.54) is 0 Å². The molecule has 1 heterocycles. The number of rotatable bonds is 6. The Morgan fingerprint density at radius 3 is 2.58 bits per heavy atom. The molecule has 0 fully saturated rings. The van der Waals surface area contributed by atoms with Gasteiger partial charge in [-0.2, -0.15) is 0 Å². The second kappa shape index (κ2) is 7.99. The standard InChI is InChI=1S/C20H23NO5/c1-4-24-16-8-6-15(12-18(16)23-3)20(22)21(2)13-14-5-7-17-19(11-14)26-10-9-25-17/h5-8,11-12H,4,9-10,13H2,1-3H3. The Hall–Kier alpha value is -2.89. The first-order valence-electron chi connectivity index (χ1n) is 8.57. The summed E-state index contributed by atoms with van der Waals surface area (Å²) >= 11 is 0. The van der Waals surface area contributed by atoms with E-state index in [0.717, 1.165) is 17.1 Å². The molecule has 1 aliphatic heterocycles. The Balaban J connectivity index is 1.73. The summed E-state index contributed by atoms with van der Waals surface area (Å²) in [6.07, 6.45) is 0. The van der Waals surface area contributed by atoms with Crippen molar-refractivity contribution in [2.24, 2.45) is 0 Å². The van der Waals surface area contributed by atoms with Crippen molar-refractivity contribution in [3.63, 3.8) is 0 Å². The van der Waals surface area contributed by atoms with Gasteiger partial charge in [0.15, 0.2) is 23.0 Å². The normalized spacial score (nSPS) is 12.4. The molecule has 0 atom stereocenters. The zero-order valence-electron chi connectivity index (χ0n) is 15.3. The van der Waals surface area contributed by atoms with Crippen LogP contribution in [-0.4, -0.2) is 44.8 Å². The molecule has 1 amide bonds. The highest BCUT2D eigenvalue weighted by atomic mass is 16.6. The number of amides is 1. The maximum atomic E-state index is 12.7. The molecule has 2 aromatic rings. The maximum Gasteiger partial charge on any atom is 0.254 e. The summed E-state index contributed by atoms with van der Waals surface area (Å²) in [5.41, 5.74) is 1.52. The Morgan fingerprint density at radius 2 is 1.85 bits per heavy atom. The molecule has 26 heavy (non-hydrogen) atoms. The monoisotopic (exact) mass is 357 g/mol. The lowest BCUT2D eigenvalue weighted by atomic mass is 10.1. The number of benzene rings is 2. The largest absolute Gasteiger partial charge is 0.493 e. The van der Waals surface area contributed by atoms with Crippen LogP contribution in [0.5, 0.6) is 23.0 Å². The van der Waals surface area contributed by atoms with E-state index in [2.05, 4.69) is 0 Å². The summed E-state index contributed by atoms with van der Waals surface area (Å²) in [6, 6.07) is 10.9. The van der Waals surface area contributed by atoms with Crippen LogP contribution in [0.2, 0.25) is 0 Å². The van der Waals surface area contributed by atoms with Crippen molar-refractivity contribution < 1.29 is 23.7 Å². The second-order valence-electron chi connectivity index (χ2n) is 5.94. The Morgan fingerprint density at radius 1 is 1.08 bits per heavy atom. The summed E-state index contributed by atoms with van der Waals surface area (Å²) in [4.78, 5) is 14.4. The third-order valence-electron chi connectivity index (χ3n) is 4.08. The van der Waals surface area contributed by atoms with Crippen molar-refractivity contribution in [3.05, 3.63) is 47.5 Å². The smallest absolute Gasteiger partial charge is 0.254 e. The van der Waals surface area contributed by atoms with Crippen LogP contribution in [-0.2, 0) is 6.54 Å². The number of carbonyl (C=O) groups is 1. The van der Waals surface area contributed by atoms with E-state index < -0.39 is 0 Å². The van der Waals surface area contributed by atoms with Crippen LogP contribution in [0, 0.1) is 0 Å². The molecule has 6 nitrogen and oxygen atoms in total. The van der Waals surface area contributed by atoms with Crippen LogP contribution in [0.3, 0.4) is 0 Å². The van der Waals surface area contributed by atoms with Crippen molar-refractivity contribution in [1.29, 1.82) is 0 Å². The molecule has 0 bridgehead atoms. The van der Waals surface area contributed by atoms with Gasteiger partial charge in [-0.05, 0) is 42.8 Å². The van der Waals surface area contributed by atoms with Gasteiger partial charge in [0.25, 0.3) is 5.91 Å². The highest BCUT2D eigenvalue weighted by Gasteiger charge is 2.17. The molecule has 1 aliphatic rings. The lowest BCUT2D eigenvalue weighted by Gasteiger charge is -2.21. The molecule has 0 aliphatic carbocycles. The van der Waals surface area contributed by atoms with E-state index in [0.29, 0.717) is 43.4 Å². The van der Waals surface area contributed by atoms with Gasteiger partial charge in [-0.15, -0.1) is 0 Å². The van der Waals surface area contributed by atoms with Crippen molar-refractivity contribution >= 4 is 5.91 Å². The van der Waals surface area contributed by atoms with Crippen LogP contribution in [0.25, 0.3) is 0 Å². The number of carbonyl (C=O) groups excluding carboxylic acids is 1. The molecular formula is C20H23NO5. The Kier molecular flexibility index (Phi) is 5.51. The quantitative estimate of drug-likeness (QED) is 0.795. The van der Waals surface area contributed by atoms with Crippen molar-refractivity contribution in [2.45, 2.75) is 13.5 Å². The predicted molar refractivity (Wildman–Crippen MR) is 97.4 cm³/mol. The summed E-state index contributed by atoms with van der Waals surface area (Å²) in [5, 5.41) is 0.